The van der Waals surface area contributed by atoms with Crippen LogP contribution in [-0.4, -0.2) is 34.1 Å². The van der Waals surface area contributed by atoms with Crippen molar-refractivity contribution in [3.8, 4) is 11.5 Å². The molecule has 0 bridgehead atoms. The molecule has 1 aromatic heterocycles. The second-order valence-electron chi connectivity index (χ2n) is 6.16. The number of hydrogen-bond acceptors (Lipinski definition) is 5. The summed E-state index contributed by atoms with van der Waals surface area (Å²) >= 11 is 1.30. The van der Waals surface area contributed by atoms with Gasteiger partial charge in [0.1, 0.15) is 5.25 Å². The quantitative estimate of drug-likeness (QED) is 0.553. The van der Waals surface area contributed by atoms with Crippen LogP contribution in [0, 0.1) is 6.92 Å². The molecule has 0 aliphatic rings. The smallest absolute Gasteiger partial charge is 0.277 e. The minimum atomic E-state index is -0.419. The van der Waals surface area contributed by atoms with Crippen LogP contribution in [0.3, 0.4) is 0 Å². The lowest BCUT2D eigenvalue weighted by atomic mass is 10.1. The van der Waals surface area contributed by atoms with Gasteiger partial charge in [-0.05, 0) is 50.2 Å². The van der Waals surface area contributed by atoms with E-state index in [-0.39, 0.29) is 5.91 Å². The molecule has 0 saturated heterocycles. The number of rotatable bonds is 7. The van der Waals surface area contributed by atoms with Crippen molar-refractivity contribution >= 4 is 17.7 Å². The molecule has 140 valence electrons. The van der Waals surface area contributed by atoms with Gasteiger partial charge in [-0.2, -0.15) is 0 Å². The highest BCUT2D eigenvalue weighted by Gasteiger charge is 2.28. The first-order chi connectivity index (χ1) is 13.1. The highest BCUT2D eigenvalue weighted by molar-refractivity contribution is 8.00. The van der Waals surface area contributed by atoms with Crippen molar-refractivity contribution in [1.29, 1.82) is 0 Å². The fourth-order valence-electron chi connectivity index (χ4n) is 2.76. The van der Waals surface area contributed by atoms with E-state index >= 15 is 0 Å². The van der Waals surface area contributed by atoms with Gasteiger partial charge in [0.05, 0.1) is 0 Å². The molecule has 1 heterocycles. The predicted molar refractivity (Wildman–Crippen MR) is 107 cm³/mol. The standard InChI is InChI=1S/C21H23N3O2S/c1-4-24(5-2)20(25)18(16-9-7-6-8-10-16)27-21-23-22-19(26-21)17-13-11-15(3)12-14-17/h6-14,18H,4-5H2,1-3H3/t18-/m0/s1. The van der Waals surface area contributed by atoms with Gasteiger partial charge in [-0.1, -0.05) is 48.0 Å². The highest BCUT2D eigenvalue weighted by atomic mass is 32.2. The molecule has 0 unspecified atom stereocenters. The van der Waals surface area contributed by atoms with Gasteiger partial charge in [0.15, 0.2) is 0 Å². The van der Waals surface area contributed by atoms with E-state index in [2.05, 4.69) is 10.2 Å². The van der Waals surface area contributed by atoms with Gasteiger partial charge in [0.2, 0.25) is 11.8 Å². The zero-order valence-electron chi connectivity index (χ0n) is 15.8. The minimum Gasteiger partial charge on any atom is -0.411 e. The normalized spacial score (nSPS) is 12.0. The molecule has 27 heavy (non-hydrogen) atoms. The van der Waals surface area contributed by atoms with E-state index in [0.29, 0.717) is 24.2 Å². The number of carbonyl (C=O) groups excluding carboxylic acids is 1. The molecular formula is C21H23N3O2S. The third-order valence-electron chi connectivity index (χ3n) is 4.33. The number of aromatic nitrogens is 2. The van der Waals surface area contributed by atoms with E-state index < -0.39 is 5.25 Å². The molecule has 6 heteroatoms. The number of carbonyl (C=O) groups is 1. The molecular weight excluding hydrogens is 358 g/mol. The zero-order chi connectivity index (χ0) is 19.2. The zero-order valence-corrected chi connectivity index (χ0v) is 16.6. The third kappa shape index (κ3) is 4.57. The van der Waals surface area contributed by atoms with Gasteiger partial charge in [0, 0.05) is 18.7 Å². The maximum atomic E-state index is 13.0. The number of nitrogens with zero attached hydrogens (tertiary/aromatic N) is 3. The van der Waals surface area contributed by atoms with Crippen molar-refractivity contribution in [1.82, 2.24) is 15.1 Å². The van der Waals surface area contributed by atoms with E-state index in [9.17, 15) is 4.79 Å². The SMILES string of the molecule is CCN(CC)C(=O)[C@@H](Sc1nnc(-c2ccc(C)cc2)o1)c1ccccc1. The van der Waals surface area contributed by atoms with Crippen LogP contribution in [-0.2, 0) is 4.79 Å². The molecule has 1 atom stereocenters. The van der Waals surface area contributed by atoms with E-state index in [1.165, 1.54) is 17.3 Å². The first-order valence-electron chi connectivity index (χ1n) is 9.03. The number of hydrogen-bond donors (Lipinski definition) is 0. The lowest BCUT2D eigenvalue weighted by Crippen LogP contribution is -2.33. The topological polar surface area (TPSA) is 59.2 Å². The van der Waals surface area contributed by atoms with Gasteiger partial charge in [0.25, 0.3) is 5.22 Å². The maximum absolute atomic E-state index is 13.0. The van der Waals surface area contributed by atoms with Crippen LogP contribution < -0.4 is 0 Å². The summed E-state index contributed by atoms with van der Waals surface area (Å²) in [4.78, 5) is 14.9. The van der Waals surface area contributed by atoms with Gasteiger partial charge >= 0.3 is 0 Å². The molecule has 0 saturated carbocycles. The summed E-state index contributed by atoms with van der Waals surface area (Å²) in [5, 5.41) is 8.26. The van der Waals surface area contributed by atoms with Crippen LogP contribution in [0.15, 0.2) is 64.2 Å². The Morgan fingerprint density at radius 1 is 1.04 bits per heavy atom. The Labute approximate surface area is 163 Å². The lowest BCUT2D eigenvalue weighted by Gasteiger charge is -2.24. The van der Waals surface area contributed by atoms with Crippen molar-refractivity contribution in [2.75, 3.05) is 13.1 Å². The van der Waals surface area contributed by atoms with Gasteiger partial charge in [-0.15, -0.1) is 10.2 Å². The van der Waals surface area contributed by atoms with E-state index in [4.69, 9.17) is 4.42 Å². The summed E-state index contributed by atoms with van der Waals surface area (Å²) < 4.78 is 5.83. The van der Waals surface area contributed by atoms with Crippen molar-refractivity contribution < 1.29 is 9.21 Å². The number of aryl methyl sites for hydroxylation is 1. The van der Waals surface area contributed by atoms with Crippen LogP contribution in [0.4, 0.5) is 0 Å². The van der Waals surface area contributed by atoms with Crippen molar-refractivity contribution in [3.05, 3.63) is 65.7 Å². The fraction of sp³-hybridized carbons (Fsp3) is 0.286. The number of amides is 1. The molecule has 1 amide bonds. The van der Waals surface area contributed by atoms with Crippen LogP contribution in [0.2, 0.25) is 0 Å². The second kappa shape index (κ2) is 8.86. The Morgan fingerprint density at radius 3 is 2.33 bits per heavy atom. The Kier molecular flexibility index (Phi) is 6.29. The lowest BCUT2D eigenvalue weighted by molar-refractivity contribution is -0.130. The second-order valence-corrected chi connectivity index (χ2v) is 7.21. The Hall–Kier alpha value is -2.60. The summed E-state index contributed by atoms with van der Waals surface area (Å²) in [6.07, 6.45) is 0. The first kappa shape index (κ1) is 19.2. The average Bonchev–Trinajstić information content (AvgIpc) is 3.17. The molecule has 0 aliphatic heterocycles. The van der Waals surface area contributed by atoms with E-state index in [1.807, 2.05) is 80.3 Å². The van der Waals surface area contributed by atoms with Crippen LogP contribution in [0.1, 0.15) is 30.2 Å². The Balaban J connectivity index is 1.86. The molecule has 0 spiro atoms. The molecule has 0 fully saturated rings. The molecule has 5 nitrogen and oxygen atoms in total. The van der Waals surface area contributed by atoms with Crippen LogP contribution >= 0.6 is 11.8 Å². The molecule has 0 aliphatic carbocycles. The summed E-state index contributed by atoms with van der Waals surface area (Å²) in [6, 6.07) is 17.6. The average molecular weight is 382 g/mol. The van der Waals surface area contributed by atoms with E-state index in [1.54, 1.807) is 0 Å². The number of likely N-dealkylation sites (N-methyl/N-ethyl adjacent to an activating group) is 1. The fourth-order valence-corrected chi connectivity index (χ4v) is 3.72. The molecule has 2 aromatic carbocycles. The predicted octanol–water partition coefficient (Wildman–Crippen LogP) is 4.75. The van der Waals surface area contributed by atoms with Crippen LogP contribution in [0.5, 0.6) is 0 Å². The minimum absolute atomic E-state index is 0.0475. The first-order valence-corrected chi connectivity index (χ1v) is 9.91. The van der Waals surface area contributed by atoms with E-state index in [0.717, 1.165) is 11.1 Å². The Bertz CT molecular complexity index is 874. The monoisotopic (exact) mass is 381 g/mol. The van der Waals surface area contributed by atoms with Crippen molar-refractivity contribution in [2.24, 2.45) is 0 Å². The molecule has 0 N–H and O–H groups in total. The maximum Gasteiger partial charge on any atom is 0.277 e. The largest absolute Gasteiger partial charge is 0.411 e. The third-order valence-corrected chi connectivity index (χ3v) is 5.40. The molecule has 3 aromatic rings. The van der Waals surface area contributed by atoms with Gasteiger partial charge < -0.3 is 9.32 Å². The number of benzene rings is 2. The summed E-state index contributed by atoms with van der Waals surface area (Å²) in [7, 11) is 0. The number of thioether (sulfide) groups is 1. The molecule has 0 radical (unpaired) electrons. The highest BCUT2D eigenvalue weighted by Crippen LogP contribution is 2.37. The Morgan fingerprint density at radius 2 is 1.70 bits per heavy atom. The summed E-state index contributed by atoms with van der Waals surface area (Å²) in [5.74, 6) is 0.505. The van der Waals surface area contributed by atoms with Gasteiger partial charge in [-0.3, -0.25) is 4.79 Å². The van der Waals surface area contributed by atoms with Crippen molar-refractivity contribution in [3.63, 3.8) is 0 Å². The summed E-state index contributed by atoms with van der Waals surface area (Å²) in [5.41, 5.74) is 2.96. The van der Waals surface area contributed by atoms with Gasteiger partial charge in [-0.25, -0.2) is 0 Å². The van der Waals surface area contributed by atoms with Crippen LogP contribution in [0.25, 0.3) is 11.5 Å². The van der Waals surface area contributed by atoms with Crippen molar-refractivity contribution in [2.45, 2.75) is 31.2 Å². The summed E-state index contributed by atoms with van der Waals surface area (Å²) in [6.45, 7) is 7.32. The molecule has 3 rings (SSSR count).